The second-order valence-electron chi connectivity index (χ2n) is 13.1. The average molecular weight is 648 g/mol. The first kappa shape index (κ1) is 43.1. The molecule has 3 N–H and O–H groups in total. The molecule has 0 aliphatic rings. The molecule has 0 saturated heterocycles. The van der Waals surface area contributed by atoms with E-state index in [2.05, 4.69) is 27.7 Å². The van der Waals surface area contributed by atoms with Crippen LogP contribution in [-0.2, 0) is 27.9 Å². The predicted octanol–water partition coefficient (Wildman–Crippen LogP) is 10.0. The topological polar surface area (TPSA) is 117 Å². The molecule has 9 heteroatoms. The Morgan fingerprint density at radius 2 is 1.18 bits per heavy atom. The third kappa shape index (κ3) is 32.5. The molecule has 2 unspecified atom stereocenters. The fourth-order valence-electron chi connectivity index (χ4n) is 4.98. The highest BCUT2D eigenvalue weighted by molar-refractivity contribution is 7.47. The smallest absolute Gasteiger partial charge is 0.472 e. The summed E-state index contributed by atoms with van der Waals surface area (Å²) in [5.74, 6) is 1.26. The fraction of sp³-hybridized carbons (Fsp3) is 0.914. The molecule has 2 atom stereocenters. The number of hydrogen-bond acceptors (Lipinski definition) is 7. The summed E-state index contributed by atoms with van der Waals surface area (Å²) >= 11 is 0. The molecule has 0 aromatic carbocycles. The van der Waals surface area contributed by atoms with E-state index >= 15 is 0 Å². The summed E-state index contributed by atoms with van der Waals surface area (Å²) in [6, 6.07) is 0. The Labute approximate surface area is 271 Å². The molecule has 0 radical (unpaired) electrons. The molecule has 0 aliphatic carbocycles. The molecule has 0 aromatic rings. The molecular formula is C35H70NO7P. The van der Waals surface area contributed by atoms with Crippen LogP contribution in [0.2, 0.25) is 0 Å². The largest absolute Gasteiger partial charge is 0.498 e. The first-order valence-corrected chi connectivity index (χ1v) is 19.4. The lowest BCUT2D eigenvalue weighted by Crippen LogP contribution is -2.27. The van der Waals surface area contributed by atoms with Gasteiger partial charge in [-0.15, -0.1) is 0 Å². The number of hydrogen-bond donors (Lipinski definition) is 2. The summed E-state index contributed by atoms with van der Waals surface area (Å²) in [7, 11) is -4.28. The van der Waals surface area contributed by atoms with Gasteiger partial charge in [-0.05, 0) is 37.2 Å². The van der Waals surface area contributed by atoms with Crippen LogP contribution >= 0.6 is 7.82 Å². The van der Waals surface area contributed by atoms with Gasteiger partial charge in [-0.2, -0.15) is 0 Å². The highest BCUT2D eigenvalue weighted by Crippen LogP contribution is 2.43. The van der Waals surface area contributed by atoms with Crippen molar-refractivity contribution in [2.75, 3.05) is 26.4 Å². The summed E-state index contributed by atoms with van der Waals surface area (Å²) in [5, 5.41) is 0. The second kappa shape index (κ2) is 30.7. The van der Waals surface area contributed by atoms with Crippen LogP contribution in [0.25, 0.3) is 0 Å². The van der Waals surface area contributed by atoms with E-state index in [0.29, 0.717) is 6.42 Å². The maximum atomic E-state index is 12.5. The number of rotatable bonds is 33. The monoisotopic (exact) mass is 647 g/mol. The van der Waals surface area contributed by atoms with E-state index in [1.54, 1.807) is 6.26 Å². The number of carbonyl (C=O) groups is 1. The van der Waals surface area contributed by atoms with Gasteiger partial charge < -0.3 is 20.1 Å². The van der Waals surface area contributed by atoms with E-state index in [1.165, 1.54) is 96.3 Å². The maximum absolute atomic E-state index is 12.5. The van der Waals surface area contributed by atoms with E-state index in [-0.39, 0.29) is 32.3 Å². The molecule has 0 fully saturated rings. The van der Waals surface area contributed by atoms with Gasteiger partial charge in [0.05, 0.1) is 19.5 Å². The molecule has 0 amide bonds. The normalized spacial score (nSPS) is 14.0. The Morgan fingerprint density at radius 3 is 1.68 bits per heavy atom. The van der Waals surface area contributed by atoms with Crippen molar-refractivity contribution in [3.05, 3.63) is 12.3 Å². The molecule has 0 aliphatic heterocycles. The number of nitrogens with two attached hydrogens (primary N) is 1. The van der Waals surface area contributed by atoms with Gasteiger partial charge in [-0.3, -0.25) is 13.8 Å². The van der Waals surface area contributed by atoms with Gasteiger partial charge in [0.25, 0.3) is 0 Å². The molecule has 0 rings (SSSR count). The van der Waals surface area contributed by atoms with E-state index < -0.39 is 13.9 Å². The first-order valence-electron chi connectivity index (χ1n) is 17.9. The molecule has 0 heterocycles. The lowest BCUT2D eigenvalue weighted by Gasteiger charge is -2.19. The number of phosphoric ester groups is 1. The molecule has 8 nitrogen and oxygen atoms in total. The van der Waals surface area contributed by atoms with Crippen molar-refractivity contribution < 1.29 is 32.8 Å². The highest BCUT2D eigenvalue weighted by atomic mass is 31.2. The summed E-state index contributed by atoms with van der Waals surface area (Å²) in [5.41, 5.74) is 5.34. The molecular weight excluding hydrogens is 577 g/mol. The van der Waals surface area contributed by atoms with Gasteiger partial charge in [0.1, 0.15) is 6.61 Å². The van der Waals surface area contributed by atoms with Crippen LogP contribution < -0.4 is 5.73 Å². The van der Waals surface area contributed by atoms with Crippen molar-refractivity contribution in [3.63, 3.8) is 0 Å². The van der Waals surface area contributed by atoms with Crippen molar-refractivity contribution in [1.29, 1.82) is 0 Å². The predicted molar refractivity (Wildman–Crippen MR) is 182 cm³/mol. The van der Waals surface area contributed by atoms with Crippen LogP contribution in [0.3, 0.4) is 0 Å². The first-order chi connectivity index (χ1) is 21.2. The lowest BCUT2D eigenvalue weighted by atomic mass is 10.0. The molecule has 44 heavy (non-hydrogen) atoms. The maximum Gasteiger partial charge on any atom is 0.472 e. The van der Waals surface area contributed by atoms with Crippen LogP contribution in [-0.4, -0.2) is 43.3 Å². The van der Waals surface area contributed by atoms with Gasteiger partial charge in [-0.25, -0.2) is 4.57 Å². The van der Waals surface area contributed by atoms with Crippen LogP contribution in [0.4, 0.5) is 0 Å². The van der Waals surface area contributed by atoms with Crippen LogP contribution in [0, 0.1) is 11.8 Å². The molecule has 0 saturated carbocycles. The van der Waals surface area contributed by atoms with E-state index in [0.717, 1.165) is 43.9 Å². The van der Waals surface area contributed by atoms with Crippen LogP contribution in [0.1, 0.15) is 163 Å². The average Bonchev–Trinajstić information content (AvgIpc) is 2.97. The van der Waals surface area contributed by atoms with Crippen LogP contribution in [0.5, 0.6) is 0 Å². The van der Waals surface area contributed by atoms with Gasteiger partial charge in [0, 0.05) is 13.0 Å². The summed E-state index contributed by atoms with van der Waals surface area (Å²) < 4.78 is 33.0. The Bertz CT molecular complexity index is 717. The van der Waals surface area contributed by atoms with E-state index in [9.17, 15) is 14.3 Å². The molecule has 0 spiro atoms. The van der Waals surface area contributed by atoms with Gasteiger partial charge in [-0.1, -0.05) is 137 Å². The van der Waals surface area contributed by atoms with Crippen molar-refractivity contribution in [2.45, 2.75) is 169 Å². The minimum absolute atomic E-state index is 0.0348. The second-order valence-corrected chi connectivity index (χ2v) is 14.6. The van der Waals surface area contributed by atoms with Gasteiger partial charge >= 0.3 is 13.8 Å². The van der Waals surface area contributed by atoms with Gasteiger partial charge in [0.15, 0.2) is 6.10 Å². The minimum atomic E-state index is -4.28. The number of unbranched alkanes of at least 4 members (excludes halogenated alkanes) is 16. The quantitative estimate of drug-likeness (QED) is 0.0313. The summed E-state index contributed by atoms with van der Waals surface area (Å²) in [6.45, 7) is 8.87. The Balaban J connectivity index is 4.18. The SMILES string of the molecule is CC(C)CCCCCCCCCC/C=C\OCC(COP(=O)(O)OCCN)OC(=O)CCCCCCCCCCCC(C)C. The summed E-state index contributed by atoms with van der Waals surface area (Å²) in [4.78, 5) is 22.3. The standard InChI is InChI=1S/C35H70NO7P/c1-32(2)24-20-16-12-8-5-6-11-15-19-23-28-40-30-34(31-42-44(38,39)41-29-27-36)43-35(37)26-22-18-14-10-7-9-13-17-21-25-33(3)4/h23,28,32-34H,5-22,24-27,29-31,36H2,1-4H3,(H,38,39)/b28-23-. The molecule has 0 aromatic heterocycles. The number of esters is 1. The number of ether oxygens (including phenoxy) is 2. The third-order valence-corrected chi connectivity index (χ3v) is 8.62. The Morgan fingerprint density at radius 1 is 0.705 bits per heavy atom. The van der Waals surface area contributed by atoms with Crippen molar-refractivity contribution in [2.24, 2.45) is 17.6 Å². The number of allylic oxidation sites excluding steroid dienone is 1. The van der Waals surface area contributed by atoms with E-state index in [1.807, 2.05) is 6.08 Å². The van der Waals surface area contributed by atoms with Gasteiger partial charge in [0.2, 0.25) is 0 Å². The zero-order valence-corrected chi connectivity index (χ0v) is 29.9. The van der Waals surface area contributed by atoms with Crippen LogP contribution in [0.15, 0.2) is 12.3 Å². The zero-order valence-electron chi connectivity index (χ0n) is 29.0. The zero-order chi connectivity index (χ0) is 32.7. The summed E-state index contributed by atoms with van der Waals surface area (Å²) in [6.07, 6.45) is 27.5. The minimum Gasteiger partial charge on any atom is -0.498 e. The third-order valence-electron chi connectivity index (χ3n) is 7.63. The number of carbonyl (C=O) groups excluding carboxylic acids is 1. The lowest BCUT2D eigenvalue weighted by molar-refractivity contribution is -0.153. The Hall–Kier alpha value is -0.920. The highest BCUT2D eigenvalue weighted by Gasteiger charge is 2.25. The molecule has 262 valence electrons. The van der Waals surface area contributed by atoms with Crippen molar-refractivity contribution in [3.8, 4) is 0 Å². The Kier molecular flexibility index (Phi) is 30.1. The number of phosphoric acid groups is 1. The van der Waals surface area contributed by atoms with Crippen molar-refractivity contribution in [1.82, 2.24) is 0 Å². The van der Waals surface area contributed by atoms with E-state index in [4.69, 9.17) is 24.3 Å². The molecule has 0 bridgehead atoms. The fourth-order valence-corrected chi connectivity index (χ4v) is 5.74. The van der Waals surface area contributed by atoms with Crippen molar-refractivity contribution >= 4 is 13.8 Å².